The number of piperidine rings is 1. The number of hydrogen-bond donors (Lipinski definition) is 4. The number of likely N-dealkylation sites (N-methyl/N-ethyl adjacent to an activating group) is 1. The summed E-state index contributed by atoms with van der Waals surface area (Å²) in [5.41, 5.74) is 4.78. The van der Waals surface area contributed by atoms with E-state index >= 15 is 0 Å². The molecule has 0 bridgehead atoms. The summed E-state index contributed by atoms with van der Waals surface area (Å²) in [6.45, 7) is 5.74. The zero-order valence-corrected chi connectivity index (χ0v) is 37.6. The number of aromatic nitrogens is 2. The van der Waals surface area contributed by atoms with Crippen LogP contribution in [0.2, 0.25) is 0 Å². The van der Waals surface area contributed by atoms with Crippen LogP contribution in [0.15, 0.2) is 71.3 Å². The average Bonchev–Trinajstić information content (AvgIpc) is 3.63. The number of fused-ring (bicyclic) bond motifs is 2. The number of benzene rings is 3. The number of rotatable bonds is 21. The van der Waals surface area contributed by atoms with Crippen LogP contribution in [0.1, 0.15) is 58.0 Å². The molecule has 64 heavy (non-hydrogen) atoms. The monoisotopic (exact) mass is 941 g/mol. The molecular formula is C45H52BrN9O9. The van der Waals surface area contributed by atoms with E-state index in [0.29, 0.717) is 119 Å². The zero-order valence-electron chi connectivity index (χ0n) is 36.0. The molecule has 4 aromatic rings. The van der Waals surface area contributed by atoms with Gasteiger partial charge in [0.15, 0.2) is 5.82 Å². The number of imide groups is 1. The standard InChI is InChI=1S/C45H52BrN9O9/c1-4-35-44(60)53(2)37-25-49-45(52-40(37)54(35)26-28-8-11-30(46)12-9-28)50-34-13-10-29(24-38(34)61-3)41(57)48-17-19-63-21-23-64-22-20-62-18-16-47-33-7-5-6-31-32(33)27-55(43(31)59)36-14-15-39(56)51-42(36)58/h5-13,24-25,35-36,47H,4,14-23,26-27H2,1-3H3,(H,48,57)(H,49,50,52)(H,51,56,58)/t35-,36?/m1/s1. The summed E-state index contributed by atoms with van der Waals surface area (Å²) in [6, 6.07) is 17.4. The summed E-state index contributed by atoms with van der Waals surface area (Å²) in [6.07, 6.45) is 2.76. The highest BCUT2D eigenvalue weighted by molar-refractivity contribution is 9.10. The van der Waals surface area contributed by atoms with Crippen molar-refractivity contribution < 1.29 is 42.9 Å². The lowest BCUT2D eigenvalue weighted by atomic mass is 10.0. The molecular weight excluding hydrogens is 890 g/mol. The minimum atomic E-state index is -0.662. The van der Waals surface area contributed by atoms with Gasteiger partial charge in [-0.3, -0.25) is 29.3 Å². The Hall–Kier alpha value is -6.15. The molecule has 3 aromatic carbocycles. The first-order valence-electron chi connectivity index (χ1n) is 21.2. The van der Waals surface area contributed by atoms with Crippen LogP contribution in [0.5, 0.6) is 5.75 Å². The fourth-order valence-corrected chi connectivity index (χ4v) is 8.07. The number of nitrogens with zero attached hydrogens (tertiary/aromatic N) is 5. The molecule has 4 heterocycles. The third kappa shape index (κ3) is 10.8. The van der Waals surface area contributed by atoms with Gasteiger partial charge >= 0.3 is 0 Å². The third-order valence-electron chi connectivity index (χ3n) is 11.2. The zero-order chi connectivity index (χ0) is 45.2. The molecule has 0 aliphatic carbocycles. The first kappa shape index (κ1) is 45.9. The molecule has 0 spiro atoms. The Labute approximate surface area is 379 Å². The molecule has 1 saturated heterocycles. The maximum atomic E-state index is 13.3. The lowest BCUT2D eigenvalue weighted by molar-refractivity contribution is -0.137. The first-order valence-corrected chi connectivity index (χ1v) is 22.0. The van der Waals surface area contributed by atoms with Gasteiger partial charge in [0.1, 0.15) is 23.5 Å². The lowest BCUT2D eigenvalue weighted by Crippen LogP contribution is -2.52. The average molecular weight is 943 g/mol. The van der Waals surface area contributed by atoms with Crippen molar-refractivity contribution in [2.45, 2.75) is 51.4 Å². The molecule has 19 heteroatoms. The van der Waals surface area contributed by atoms with Gasteiger partial charge in [-0.1, -0.05) is 41.1 Å². The van der Waals surface area contributed by atoms with Crippen molar-refractivity contribution in [2.75, 3.05) is 87.3 Å². The summed E-state index contributed by atoms with van der Waals surface area (Å²) < 4.78 is 23.5. The van der Waals surface area contributed by atoms with E-state index in [9.17, 15) is 24.0 Å². The minimum Gasteiger partial charge on any atom is -0.495 e. The second-order valence-corrected chi connectivity index (χ2v) is 16.2. The van der Waals surface area contributed by atoms with E-state index in [1.165, 1.54) is 12.0 Å². The molecule has 3 aliphatic rings. The molecule has 7 rings (SSSR count). The molecule has 1 aromatic heterocycles. The smallest absolute Gasteiger partial charge is 0.255 e. The highest BCUT2D eigenvalue weighted by atomic mass is 79.9. The molecule has 4 N–H and O–H groups in total. The summed E-state index contributed by atoms with van der Waals surface area (Å²) in [7, 11) is 3.25. The normalized spacial score (nSPS) is 17.0. The van der Waals surface area contributed by atoms with Crippen LogP contribution in [0, 0.1) is 0 Å². The van der Waals surface area contributed by atoms with Crippen LogP contribution in [0.4, 0.5) is 28.8 Å². The van der Waals surface area contributed by atoms with Crippen molar-refractivity contribution in [2.24, 2.45) is 0 Å². The van der Waals surface area contributed by atoms with E-state index in [4.69, 9.17) is 23.9 Å². The number of carbonyl (C=O) groups is 5. The van der Waals surface area contributed by atoms with Gasteiger partial charge in [-0.25, -0.2) is 4.98 Å². The van der Waals surface area contributed by atoms with Crippen molar-refractivity contribution in [1.82, 2.24) is 25.5 Å². The number of ether oxygens (including phenoxy) is 4. The Morgan fingerprint density at radius 1 is 0.922 bits per heavy atom. The van der Waals surface area contributed by atoms with Gasteiger partial charge in [-0.15, -0.1) is 0 Å². The highest BCUT2D eigenvalue weighted by Crippen LogP contribution is 2.37. The van der Waals surface area contributed by atoms with Gasteiger partial charge in [0.25, 0.3) is 11.8 Å². The van der Waals surface area contributed by atoms with Crippen molar-refractivity contribution in [3.63, 3.8) is 0 Å². The van der Waals surface area contributed by atoms with Crippen molar-refractivity contribution in [3.05, 3.63) is 93.6 Å². The van der Waals surface area contributed by atoms with E-state index in [0.717, 1.165) is 21.3 Å². The SMILES string of the molecule is CC[C@@H]1C(=O)N(C)c2cnc(Nc3ccc(C(=O)NCCOCCOCCOCCNc4cccc5c4CN(C4CCC(=O)NC4=O)C5=O)cc3OC)nc2N1Cc1ccc(Br)cc1. The summed E-state index contributed by atoms with van der Waals surface area (Å²) >= 11 is 3.49. The Balaban J connectivity index is 0.788. The number of anilines is 5. The van der Waals surface area contributed by atoms with Crippen molar-refractivity contribution in [3.8, 4) is 5.75 Å². The van der Waals surface area contributed by atoms with Crippen LogP contribution < -0.4 is 35.8 Å². The molecule has 338 valence electrons. The lowest BCUT2D eigenvalue weighted by Gasteiger charge is -2.40. The predicted octanol–water partition coefficient (Wildman–Crippen LogP) is 4.41. The predicted molar refractivity (Wildman–Crippen MR) is 242 cm³/mol. The second kappa shape index (κ2) is 21.5. The first-order chi connectivity index (χ1) is 31.1. The molecule has 18 nitrogen and oxygen atoms in total. The Kier molecular flexibility index (Phi) is 15.4. The molecule has 2 atom stereocenters. The third-order valence-corrected chi connectivity index (χ3v) is 11.7. The highest BCUT2D eigenvalue weighted by Gasteiger charge is 2.40. The molecule has 0 radical (unpaired) electrons. The van der Waals surface area contributed by atoms with Gasteiger partial charge in [-0.2, -0.15) is 4.98 Å². The topological polar surface area (TPSA) is 206 Å². The summed E-state index contributed by atoms with van der Waals surface area (Å²) in [4.78, 5) is 77.8. The van der Waals surface area contributed by atoms with E-state index in [-0.39, 0.29) is 30.0 Å². The minimum absolute atomic E-state index is 0.0216. The molecule has 1 fully saturated rings. The maximum Gasteiger partial charge on any atom is 0.255 e. The molecule has 3 aliphatic heterocycles. The maximum absolute atomic E-state index is 13.3. The van der Waals surface area contributed by atoms with Crippen LogP contribution in [-0.2, 0) is 41.7 Å². The summed E-state index contributed by atoms with van der Waals surface area (Å²) in [5, 5.41) is 11.7. The van der Waals surface area contributed by atoms with Gasteiger partial charge in [-0.05, 0) is 60.9 Å². The fourth-order valence-electron chi connectivity index (χ4n) is 7.81. The molecule has 0 saturated carbocycles. The van der Waals surface area contributed by atoms with Crippen LogP contribution in [0.3, 0.4) is 0 Å². The van der Waals surface area contributed by atoms with Gasteiger partial charge in [0, 0.05) is 66.5 Å². The van der Waals surface area contributed by atoms with Crippen LogP contribution in [-0.4, -0.2) is 123 Å². The molecule has 1 unspecified atom stereocenters. The number of amides is 5. The molecule has 5 amide bonds. The van der Waals surface area contributed by atoms with Gasteiger partial charge < -0.3 is 49.6 Å². The van der Waals surface area contributed by atoms with Crippen molar-refractivity contribution in [1.29, 1.82) is 0 Å². The van der Waals surface area contributed by atoms with Crippen LogP contribution >= 0.6 is 15.9 Å². The second-order valence-electron chi connectivity index (χ2n) is 15.3. The quantitative estimate of drug-likeness (QED) is 0.0676. The van der Waals surface area contributed by atoms with E-state index in [2.05, 4.69) is 42.2 Å². The summed E-state index contributed by atoms with van der Waals surface area (Å²) in [5.74, 6) is 0.0820. The largest absolute Gasteiger partial charge is 0.495 e. The van der Waals surface area contributed by atoms with Gasteiger partial charge in [0.05, 0.1) is 58.6 Å². The number of halogens is 1. The number of hydrogen-bond acceptors (Lipinski definition) is 14. The number of nitrogens with one attached hydrogen (secondary N) is 4. The number of methoxy groups -OCH3 is 1. The Bertz CT molecular complexity index is 2350. The van der Waals surface area contributed by atoms with Crippen molar-refractivity contribution >= 4 is 74.3 Å². The Morgan fingerprint density at radius 2 is 1.66 bits per heavy atom. The fraction of sp³-hybridized carbons (Fsp3) is 0.400. The Morgan fingerprint density at radius 3 is 2.38 bits per heavy atom. The number of carbonyl (C=O) groups excluding carboxylic acids is 5. The van der Waals surface area contributed by atoms with Gasteiger partial charge in [0.2, 0.25) is 23.7 Å². The van der Waals surface area contributed by atoms with E-state index in [1.54, 1.807) is 48.5 Å². The van der Waals surface area contributed by atoms with Crippen LogP contribution in [0.25, 0.3) is 0 Å². The van der Waals surface area contributed by atoms with E-state index in [1.807, 2.05) is 42.2 Å². The van der Waals surface area contributed by atoms with E-state index < -0.39 is 18.0 Å².